The molecule has 0 atom stereocenters. The Morgan fingerprint density at radius 2 is 2.24 bits per heavy atom. The molecule has 0 radical (unpaired) electrons. The van der Waals surface area contributed by atoms with Crippen LogP contribution in [0.5, 0.6) is 0 Å². The monoisotopic (exact) mass is 345 g/mol. The second-order valence-corrected chi connectivity index (χ2v) is 5.72. The van der Waals surface area contributed by atoms with E-state index in [9.17, 15) is 4.79 Å². The summed E-state index contributed by atoms with van der Waals surface area (Å²) in [7, 11) is 0. The van der Waals surface area contributed by atoms with Crippen LogP contribution in [0.25, 0.3) is 0 Å². The molecule has 0 aromatic heterocycles. The highest BCUT2D eigenvalue weighted by atomic mass is 127. The van der Waals surface area contributed by atoms with Crippen molar-refractivity contribution >= 4 is 28.5 Å². The van der Waals surface area contributed by atoms with E-state index in [1.807, 2.05) is 25.1 Å². The van der Waals surface area contributed by atoms with Crippen LogP contribution in [0.2, 0.25) is 0 Å². The standard InChI is InChI=1S/C13H16INO2/c1-8-3-2-4-11(12(8)14)13(17)15-7-9-5-10(16)6-9/h2-4,9-10,16H,5-7H2,1H3,(H,15,17). The van der Waals surface area contributed by atoms with Gasteiger partial charge in [0.2, 0.25) is 0 Å². The molecule has 0 saturated heterocycles. The zero-order valence-electron chi connectivity index (χ0n) is 9.74. The van der Waals surface area contributed by atoms with Gasteiger partial charge in [0.05, 0.1) is 11.7 Å². The number of rotatable bonds is 3. The van der Waals surface area contributed by atoms with Crippen LogP contribution < -0.4 is 5.32 Å². The second kappa shape index (κ2) is 5.35. The molecule has 1 aromatic rings. The largest absolute Gasteiger partial charge is 0.393 e. The predicted molar refractivity (Wildman–Crippen MR) is 75.0 cm³/mol. The molecule has 1 aliphatic rings. The van der Waals surface area contributed by atoms with Gasteiger partial charge in [0, 0.05) is 10.1 Å². The van der Waals surface area contributed by atoms with Crippen LogP contribution in [0.15, 0.2) is 18.2 Å². The number of aryl methyl sites for hydroxylation is 1. The molecule has 1 aliphatic carbocycles. The molecule has 0 spiro atoms. The van der Waals surface area contributed by atoms with E-state index in [4.69, 9.17) is 5.11 Å². The number of aliphatic hydroxyl groups excluding tert-OH is 1. The van der Waals surface area contributed by atoms with Crippen LogP contribution in [0.4, 0.5) is 0 Å². The Hall–Kier alpha value is -0.620. The summed E-state index contributed by atoms with van der Waals surface area (Å²) in [5.74, 6) is 0.427. The second-order valence-electron chi connectivity index (χ2n) is 4.64. The smallest absolute Gasteiger partial charge is 0.252 e. The van der Waals surface area contributed by atoms with E-state index in [1.54, 1.807) is 0 Å². The van der Waals surface area contributed by atoms with Crippen molar-refractivity contribution in [3.05, 3.63) is 32.9 Å². The summed E-state index contributed by atoms with van der Waals surface area (Å²) in [6.07, 6.45) is 1.46. The molecule has 1 saturated carbocycles. The number of hydrogen-bond acceptors (Lipinski definition) is 2. The van der Waals surface area contributed by atoms with Crippen LogP contribution in [0, 0.1) is 16.4 Å². The Bertz CT molecular complexity index is 427. The summed E-state index contributed by atoms with van der Waals surface area (Å²) >= 11 is 2.20. The van der Waals surface area contributed by atoms with Gasteiger partial charge in [0.15, 0.2) is 0 Å². The normalized spacial score (nSPS) is 23.0. The third-order valence-electron chi connectivity index (χ3n) is 3.20. The fourth-order valence-corrected chi connectivity index (χ4v) is 2.63. The first kappa shape index (κ1) is 12.8. The van der Waals surface area contributed by atoms with Gasteiger partial charge in [-0.25, -0.2) is 0 Å². The van der Waals surface area contributed by atoms with E-state index in [2.05, 4.69) is 27.9 Å². The Morgan fingerprint density at radius 1 is 1.53 bits per heavy atom. The molecule has 0 unspecified atom stereocenters. The van der Waals surface area contributed by atoms with Gasteiger partial charge in [-0.3, -0.25) is 4.79 Å². The number of carbonyl (C=O) groups excluding carboxylic acids is 1. The fraction of sp³-hybridized carbons (Fsp3) is 0.462. The van der Waals surface area contributed by atoms with Crippen LogP contribution in [0.1, 0.15) is 28.8 Å². The first-order valence-electron chi connectivity index (χ1n) is 5.79. The summed E-state index contributed by atoms with van der Waals surface area (Å²) in [4.78, 5) is 12.0. The maximum atomic E-state index is 12.0. The zero-order chi connectivity index (χ0) is 12.4. The number of halogens is 1. The van der Waals surface area contributed by atoms with Crippen molar-refractivity contribution in [3.8, 4) is 0 Å². The van der Waals surface area contributed by atoms with Crippen molar-refractivity contribution in [1.29, 1.82) is 0 Å². The molecule has 1 amide bonds. The summed E-state index contributed by atoms with van der Waals surface area (Å²) in [5, 5.41) is 12.1. The van der Waals surface area contributed by atoms with E-state index < -0.39 is 0 Å². The molecule has 2 N–H and O–H groups in total. The minimum absolute atomic E-state index is 0.0144. The minimum atomic E-state index is -0.156. The Morgan fingerprint density at radius 3 is 2.88 bits per heavy atom. The number of nitrogens with one attached hydrogen (secondary N) is 1. The lowest BCUT2D eigenvalue weighted by atomic mass is 9.82. The van der Waals surface area contributed by atoms with E-state index in [-0.39, 0.29) is 12.0 Å². The maximum Gasteiger partial charge on any atom is 0.252 e. The Kier molecular flexibility index (Phi) is 4.04. The molecule has 0 heterocycles. The van der Waals surface area contributed by atoms with Crippen molar-refractivity contribution in [2.75, 3.05) is 6.54 Å². The van der Waals surface area contributed by atoms with Crippen LogP contribution >= 0.6 is 22.6 Å². The van der Waals surface area contributed by atoms with Crippen LogP contribution in [0.3, 0.4) is 0 Å². The lowest BCUT2D eigenvalue weighted by molar-refractivity contribution is 0.0420. The quantitative estimate of drug-likeness (QED) is 0.825. The maximum absolute atomic E-state index is 12.0. The number of hydrogen-bond donors (Lipinski definition) is 2. The van der Waals surface area contributed by atoms with E-state index in [0.29, 0.717) is 12.5 Å². The van der Waals surface area contributed by atoms with Gasteiger partial charge in [-0.05, 0) is 59.9 Å². The van der Waals surface area contributed by atoms with E-state index in [0.717, 1.165) is 27.5 Å². The average Bonchev–Trinajstić information content (AvgIpc) is 2.26. The molecule has 0 aliphatic heterocycles. The number of benzene rings is 1. The van der Waals surface area contributed by atoms with Crippen molar-refractivity contribution in [3.63, 3.8) is 0 Å². The average molecular weight is 345 g/mol. The first-order valence-corrected chi connectivity index (χ1v) is 6.87. The van der Waals surface area contributed by atoms with E-state index in [1.165, 1.54) is 0 Å². The van der Waals surface area contributed by atoms with Gasteiger partial charge >= 0.3 is 0 Å². The molecule has 1 aromatic carbocycles. The number of aliphatic hydroxyl groups is 1. The molecular formula is C13H16INO2. The molecule has 3 nitrogen and oxygen atoms in total. The molecule has 1 fully saturated rings. The van der Waals surface area contributed by atoms with Crippen molar-refractivity contribution in [2.24, 2.45) is 5.92 Å². The lowest BCUT2D eigenvalue weighted by Crippen LogP contribution is -2.38. The van der Waals surface area contributed by atoms with Gasteiger partial charge in [-0.2, -0.15) is 0 Å². The fourth-order valence-electron chi connectivity index (χ4n) is 2.02. The van der Waals surface area contributed by atoms with Gasteiger partial charge in [-0.1, -0.05) is 12.1 Å². The highest BCUT2D eigenvalue weighted by Crippen LogP contribution is 2.26. The van der Waals surface area contributed by atoms with Crippen molar-refractivity contribution < 1.29 is 9.90 Å². The third-order valence-corrected chi connectivity index (χ3v) is 4.63. The lowest BCUT2D eigenvalue weighted by Gasteiger charge is -2.31. The summed E-state index contributed by atoms with van der Waals surface area (Å²) in [6.45, 7) is 2.67. The number of amides is 1. The third kappa shape index (κ3) is 2.98. The summed E-state index contributed by atoms with van der Waals surface area (Å²) in [5.41, 5.74) is 1.86. The highest BCUT2D eigenvalue weighted by Gasteiger charge is 2.27. The minimum Gasteiger partial charge on any atom is -0.393 e. The van der Waals surface area contributed by atoms with Gasteiger partial charge in [-0.15, -0.1) is 0 Å². The van der Waals surface area contributed by atoms with Crippen LogP contribution in [-0.2, 0) is 0 Å². The number of carbonyl (C=O) groups is 1. The Balaban J connectivity index is 1.93. The highest BCUT2D eigenvalue weighted by molar-refractivity contribution is 14.1. The molecule has 4 heteroatoms. The molecule has 92 valence electrons. The predicted octanol–water partition coefficient (Wildman–Crippen LogP) is 2.10. The summed E-state index contributed by atoms with van der Waals surface area (Å²) < 4.78 is 1.01. The molecule has 2 rings (SSSR count). The van der Waals surface area contributed by atoms with Crippen molar-refractivity contribution in [1.82, 2.24) is 5.32 Å². The molecule has 17 heavy (non-hydrogen) atoms. The van der Waals surface area contributed by atoms with Crippen molar-refractivity contribution in [2.45, 2.75) is 25.9 Å². The molecular weight excluding hydrogens is 329 g/mol. The molecule has 0 bridgehead atoms. The van der Waals surface area contributed by atoms with Gasteiger partial charge in [0.25, 0.3) is 5.91 Å². The Labute approximate surface area is 115 Å². The van der Waals surface area contributed by atoms with E-state index >= 15 is 0 Å². The van der Waals surface area contributed by atoms with Gasteiger partial charge < -0.3 is 10.4 Å². The first-order chi connectivity index (χ1) is 8.08. The van der Waals surface area contributed by atoms with Crippen LogP contribution in [-0.4, -0.2) is 23.7 Å². The zero-order valence-corrected chi connectivity index (χ0v) is 11.9. The SMILES string of the molecule is Cc1cccc(C(=O)NCC2CC(O)C2)c1I. The van der Waals surface area contributed by atoms with Gasteiger partial charge in [0.1, 0.15) is 0 Å². The topological polar surface area (TPSA) is 49.3 Å². The summed E-state index contributed by atoms with van der Waals surface area (Å²) in [6, 6.07) is 5.75.